The van der Waals surface area contributed by atoms with E-state index in [2.05, 4.69) is 84.9 Å². The Morgan fingerprint density at radius 2 is 1.42 bits per heavy atom. The fraction of sp³-hybridized carbons (Fsp3) is 0. The van der Waals surface area contributed by atoms with Crippen LogP contribution in [-0.4, -0.2) is 4.98 Å². The normalized spacial score (nSPS) is 11.2. The van der Waals surface area contributed by atoms with E-state index >= 15 is 0 Å². The van der Waals surface area contributed by atoms with Gasteiger partial charge in [-0.15, -0.1) is 11.3 Å². The zero-order chi connectivity index (χ0) is 20.8. The second kappa shape index (κ2) is 7.05. The Bertz CT molecular complexity index is 1640. The maximum absolute atomic E-state index is 9.15. The van der Waals surface area contributed by atoms with Crippen LogP contribution in [0, 0.1) is 11.3 Å². The molecule has 31 heavy (non-hydrogen) atoms. The van der Waals surface area contributed by atoms with E-state index in [4.69, 9.17) is 10.2 Å². The van der Waals surface area contributed by atoms with Gasteiger partial charge in [-0.05, 0) is 35.4 Å². The molecule has 144 valence electrons. The smallest absolute Gasteiger partial charge is 0.0991 e. The molecule has 0 fully saturated rings. The zero-order valence-corrected chi connectivity index (χ0v) is 17.4. The first-order valence-corrected chi connectivity index (χ1v) is 10.9. The van der Waals surface area contributed by atoms with Crippen LogP contribution in [0.25, 0.3) is 53.5 Å². The highest BCUT2D eigenvalue weighted by Gasteiger charge is 2.14. The van der Waals surface area contributed by atoms with Crippen LogP contribution in [0.2, 0.25) is 0 Å². The van der Waals surface area contributed by atoms with Crippen molar-refractivity contribution < 1.29 is 0 Å². The lowest BCUT2D eigenvalue weighted by molar-refractivity contribution is 1.40. The second-order valence-electron chi connectivity index (χ2n) is 7.55. The van der Waals surface area contributed by atoms with Crippen molar-refractivity contribution in [2.24, 2.45) is 0 Å². The predicted molar refractivity (Wildman–Crippen MR) is 130 cm³/mol. The summed E-state index contributed by atoms with van der Waals surface area (Å²) >= 11 is 1.83. The topological polar surface area (TPSA) is 36.7 Å². The van der Waals surface area contributed by atoms with Gasteiger partial charge in [-0.2, -0.15) is 5.26 Å². The Labute approximate surface area is 183 Å². The molecule has 0 aliphatic rings. The van der Waals surface area contributed by atoms with Gasteiger partial charge in [-0.3, -0.25) is 0 Å². The van der Waals surface area contributed by atoms with E-state index < -0.39 is 0 Å². The van der Waals surface area contributed by atoms with E-state index in [9.17, 15) is 0 Å². The number of fused-ring (bicyclic) bond motifs is 4. The van der Waals surface area contributed by atoms with E-state index in [-0.39, 0.29) is 0 Å². The Kier molecular flexibility index (Phi) is 4.06. The summed E-state index contributed by atoms with van der Waals surface area (Å²) in [6, 6.07) is 35.5. The summed E-state index contributed by atoms with van der Waals surface area (Å²) in [6.07, 6.45) is 0. The number of pyridine rings is 1. The van der Waals surface area contributed by atoms with Crippen molar-refractivity contribution >= 4 is 42.4 Å². The molecule has 0 atom stereocenters. The first kappa shape index (κ1) is 17.8. The highest BCUT2D eigenvalue weighted by molar-refractivity contribution is 7.26. The molecule has 3 heteroatoms. The van der Waals surface area contributed by atoms with Crippen molar-refractivity contribution in [1.29, 1.82) is 5.26 Å². The average molecular weight is 413 g/mol. The molecule has 0 saturated heterocycles. The number of nitrogens with zero attached hydrogens (tertiary/aromatic N) is 2. The number of hydrogen-bond acceptors (Lipinski definition) is 3. The summed E-state index contributed by atoms with van der Waals surface area (Å²) in [4.78, 5) is 4.92. The van der Waals surface area contributed by atoms with Crippen LogP contribution in [0.15, 0.2) is 97.1 Å². The van der Waals surface area contributed by atoms with Crippen LogP contribution in [0.3, 0.4) is 0 Å². The third-order valence-corrected chi connectivity index (χ3v) is 6.99. The lowest BCUT2D eigenvalue weighted by atomic mass is 10.0. The Hall–Kier alpha value is -4.00. The molecule has 0 aliphatic heterocycles. The lowest BCUT2D eigenvalue weighted by Gasteiger charge is -2.05. The predicted octanol–water partition coefficient (Wildman–Crippen LogP) is 7.81. The lowest BCUT2D eigenvalue weighted by Crippen LogP contribution is -1.86. The highest BCUT2D eigenvalue weighted by atomic mass is 32.1. The van der Waals surface area contributed by atoms with Gasteiger partial charge in [0.25, 0.3) is 0 Å². The molecular weight excluding hydrogens is 396 g/mol. The first-order valence-electron chi connectivity index (χ1n) is 10.1. The second-order valence-corrected chi connectivity index (χ2v) is 8.57. The summed E-state index contributed by atoms with van der Waals surface area (Å²) < 4.78 is 2.55. The number of benzene rings is 4. The molecule has 0 unspecified atom stereocenters. The first-order chi connectivity index (χ1) is 15.3. The van der Waals surface area contributed by atoms with Gasteiger partial charge in [-0.25, -0.2) is 4.98 Å². The molecule has 6 aromatic rings. The molecule has 0 aliphatic carbocycles. The average Bonchev–Trinajstić information content (AvgIpc) is 3.23. The minimum atomic E-state index is 0.655. The molecule has 2 aromatic heterocycles. The Balaban J connectivity index is 1.60. The third-order valence-electron chi connectivity index (χ3n) is 5.70. The van der Waals surface area contributed by atoms with Gasteiger partial charge < -0.3 is 0 Å². The maximum atomic E-state index is 9.15. The van der Waals surface area contributed by atoms with Crippen LogP contribution >= 0.6 is 11.3 Å². The van der Waals surface area contributed by atoms with Crippen molar-refractivity contribution in [3.05, 3.63) is 103 Å². The van der Waals surface area contributed by atoms with Gasteiger partial charge in [0.05, 0.1) is 22.8 Å². The van der Waals surface area contributed by atoms with Crippen LogP contribution < -0.4 is 0 Å². The summed E-state index contributed by atoms with van der Waals surface area (Å²) in [5.41, 5.74) is 6.15. The molecule has 0 spiro atoms. The number of nitriles is 1. The molecule has 0 bridgehead atoms. The van der Waals surface area contributed by atoms with E-state index in [0.29, 0.717) is 5.56 Å². The highest BCUT2D eigenvalue weighted by Crippen LogP contribution is 2.43. The molecule has 0 radical (unpaired) electrons. The fourth-order valence-electron chi connectivity index (χ4n) is 4.21. The standard InChI is InChI=1S/C28H16N2S/c29-17-18-12-14-25-20(16-18)13-15-26(30-25)24-11-5-10-23-22-9-4-8-21(27(22)31-28(23)24)19-6-2-1-3-7-19/h1-16H. The summed E-state index contributed by atoms with van der Waals surface area (Å²) in [5.74, 6) is 0. The molecule has 2 heterocycles. The number of thiophene rings is 1. The number of hydrogen-bond donors (Lipinski definition) is 0. The van der Waals surface area contributed by atoms with E-state index in [1.807, 2.05) is 29.5 Å². The third kappa shape index (κ3) is 2.89. The molecule has 0 N–H and O–H groups in total. The Morgan fingerprint density at radius 3 is 2.19 bits per heavy atom. The van der Waals surface area contributed by atoms with Crippen LogP contribution in [0.5, 0.6) is 0 Å². The maximum Gasteiger partial charge on any atom is 0.0991 e. The van der Waals surface area contributed by atoms with Gasteiger partial charge in [-0.1, -0.05) is 72.8 Å². The minimum absolute atomic E-state index is 0.655. The summed E-state index contributed by atoms with van der Waals surface area (Å²) in [7, 11) is 0. The van der Waals surface area contributed by atoms with E-state index in [1.165, 1.54) is 31.3 Å². The van der Waals surface area contributed by atoms with Gasteiger partial charge in [0.2, 0.25) is 0 Å². The molecule has 2 nitrogen and oxygen atoms in total. The van der Waals surface area contributed by atoms with E-state index in [0.717, 1.165) is 22.2 Å². The van der Waals surface area contributed by atoms with Gasteiger partial charge in [0.1, 0.15) is 0 Å². The van der Waals surface area contributed by atoms with Crippen molar-refractivity contribution in [3.63, 3.8) is 0 Å². The van der Waals surface area contributed by atoms with Gasteiger partial charge >= 0.3 is 0 Å². The largest absolute Gasteiger partial charge is 0.248 e. The van der Waals surface area contributed by atoms with Crippen molar-refractivity contribution in [1.82, 2.24) is 4.98 Å². The summed E-state index contributed by atoms with van der Waals surface area (Å²) in [6.45, 7) is 0. The molecule has 6 rings (SSSR count). The van der Waals surface area contributed by atoms with Crippen LogP contribution in [-0.2, 0) is 0 Å². The molecule has 4 aromatic carbocycles. The van der Waals surface area contributed by atoms with Crippen molar-refractivity contribution in [3.8, 4) is 28.5 Å². The SMILES string of the molecule is N#Cc1ccc2nc(-c3cccc4c3sc3c(-c5ccccc5)cccc34)ccc2c1. The molecular formula is C28H16N2S. The molecule has 0 saturated carbocycles. The monoisotopic (exact) mass is 412 g/mol. The minimum Gasteiger partial charge on any atom is -0.248 e. The number of aromatic nitrogens is 1. The quantitative estimate of drug-likeness (QED) is 0.291. The fourth-order valence-corrected chi connectivity index (χ4v) is 5.57. The summed E-state index contributed by atoms with van der Waals surface area (Å²) in [5, 5.41) is 12.7. The molecule has 0 amide bonds. The van der Waals surface area contributed by atoms with Crippen molar-refractivity contribution in [2.75, 3.05) is 0 Å². The van der Waals surface area contributed by atoms with Gasteiger partial charge in [0.15, 0.2) is 0 Å². The van der Waals surface area contributed by atoms with Crippen LogP contribution in [0.1, 0.15) is 5.56 Å². The van der Waals surface area contributed by atoms with Crippen LogP contribution in [0.4, 0.5) is 0 Å². The zero-order valence-electron chi connectivity index (χ0n) is 16.5. The Morgan fingerprint density at radius 1 is 0.677 bits per heavy atom. The van der Waals surface area contributed by atoms with E-state index in [1.54, 1.807) is 0 Å². The van der Waals surface area contributed by atoms with Gasteiger partial charge in [0, 0.05) is 31.1 Å². The van der Waals surface area contributed by atoms with Crippen molar-refractivity contribution in [2.45, 2.75) is 0 Å². The number of rotatable bonds is 2.